The van der Waals surface area contributed by atoms with Crippen molar-refractivity contribution < 1.29 is 0 Å². The fraction of sp³-hybridized carbons (Fsp3) is 0.227. The Morgan fingerprint density at radius 2 is 1.07 bits per heavy atom. The minimum Gasteiger partial charge on any atom is -0.310 e. The maximum atomic E-state index is 2.54. The molecule has 0 heterocycles. The molecule has 4 saturated carbocycles. The molecule has 0 atom stereocenters. The van der Waals surface area contributed by atoms with Crippen molar-refractivity contribution in [3.8, 4) is 22.3 Å². The molecule has 1 spiro atoms. The average molecular weight is 580 g/mol. The summed E-state index contributed by atoms with van der Waals surface area (Å²) >= 11 is 0. The lowest BCUT2D eigenvalue weighted by molar-refractivity contribution is -0.0399. The molecule has 0 aliphatic heterocycles. The Balaban J connectivity index is 1.15. The molecule has 5 aliphatic rings. The molecule has 218 valence electrons. The van der Waals surface area contributed by atoms with Gasteiger partial charge in [-0.05, 0) is 136 Å². The number of benzene rings is 6. The molecule has 1 heteroatoms. The van der Waals surface area contributed by atoms with Crippen LogP contribution in [0.1, 0.15) is 43.2 Å². The summed E-state index contributed by atoms with van der Waals surface area (Å²) in [6.07, 6.45) is 7.15. The van der Waals surface area contributed by atoms with Crippen LogP contribution in [0, 0.1) is 23.7 Å². The van der Waals surface area contributed by atoms with E-state index in [9.17, 15) is 0 Å². The minimum atomic E-state index is 0.198. The molecule has 4 bridgehead atoms. The Morgan fingerprint density at radius 3 is 1.91 bits per heavy atom. The second-order valence-electron chi connectivity index (χ2n) is 14.2. The van der Waals surface area contributed by atoms with Crippen molar-refractivity contribution in [1.82, 2.24) is 0 Å². The van der Waals surface area contributed by atoms with Gasteiger partial charge in [-0.1, -0.05) is 103 Å². The maximum absolute atomic E-state index is 2.54. The van der Waals surface area contributed by atoms with Crippen LogP contribution in [-0.4, -0.2) is 0 Å². The summed E-state index contributed by atoms with van der Waals surface area (Å²) < 4.78 is 0. The predicted molar refractivity (Wildman–Crippen MR) is 187 cm³/mol. The van der Waals surface area contributed by atoms with Crippen molar-refractivity contribution in [2.24, 2.45) is 23.7 Å². The third-order valence-corrected chi connectivity index (χ3v) is 12.0. The number of fused-ring (bicyclic) bond motifs is 4. The van der Waals surface area contributed by atoms with Crippen LogP contribution in [0.3, 0.4) is 0 Å². The van der Waals surface area contributed by atoms with E-state index in [1.807, 2.05) is 0 Å². The van der Waals surface area contributed by atoms with Gasteiger partial charge in [-0.2, -0.15) is 0 Å². The summed E-state index contributed by atoms with van der Waals surface area (Å²) in [7, 11) is 0. The van der Waals surface area contributed by atoms with Crippen LogP contribution in [0.4, 0.5) is 17.1 Å². The Bertz CT molecular complexity index is 2060. The standard InChI is InChI=1S/C44H37N/c1-2-13-35(14-3-1)45(36-15-8-12-32(27-36)39-18-9-11-31-10-4-5-16-38(31)39)37-20-21-43-41(28-37)40-17-6-7-19-42(40)44(43)33-23-29-22-30(25-33)26-34(44)24-29/h1-21,27-30,33-34H,22-26H2. The van der Waals surface area contributed by atoms with Gasteiger partial charge in [0.1, 0.15) is 0 Å². The highest BCUT2D eigenvalue weighted by molar-refractivity contribution is 5.97. The molecular formula is C44H37N. The van der Waals surface area contributed by atoms with E-state index in [1.165, 1.54) is 82.2 Å². The van der Waals surface area contributed by atoms with Crippen LogP contribution in [-0.2, 0) is 5.41 Å². The molecule has 6 aromatic rings. The number of nitrogens with zero attached hydrogens (tertiary/aromatic N) is 1. The lowest BCUT2D eigenvalue weighted by Gasteiger charge is -2.61. The molecule has 4 fully saturated rings. The highest BCUT2D eigenvalue weighted by Gasteiger charge is 2.61. The van der Waals surface area contributed by atoms with Crippen molar-refractivity contribution in [2.45, 2.75) is 37.5 Å². The summed E-state index contributed by atoms with van der Waals surface area (Å²) in [5.74, 6) is 3.47. The summed E-state index contributed by atoms with van der Waals surface area (Å²) in [6.45, 7) is 0. The monoisotopic (exact) mass is 579 g/mol. The first-order valence-electron chi connectivity index (χ1n) is 16.9. The molecule has 1 nitrogen and oxygen atoms in total. The fourth-order valence-corrected chi connectivity index (χ4v) is 10.6. The number of hydrogen-bond donors (Lipinski definition) is 0. The summed E-state index contributed by atoms with van der Waals surface area (Å²) in [5.41, 5.74) is 12.5. The molecule has 0 aromatic heterocycles. The zero-order valence-electron chi connectivity index (χ0n) is 25.6. The first-order valence-corrected chi connectivity index (χ1v) is 16.9. The Hall–Kier alpha value is -4.62. The van der Waals surface area contributed by atoms with E-state index in [2.05, 4.69) is 144 Å². The van der Waals surface area contributed by atoms with E-state index in [0.717, 1.165) is 23.7 Å². The molecule has 0 radical (unpaired) electrons. The molecule has 45 heavy (non-hydrogen) atoms. The number of para-hydroxylation sites is 1. The zero-order chi connectivity index (χ0) is 29.5. The predicted octanol–water partition coefficient (Wildman–Crippen LogP) is 11.7. The van der Waals surface area contributed by atoms with Crippen LogP contribution in [0.2, 0.25) is 0 Å². The topological polar surface area (TPSA) is 3.24 Å². The van der Waals surface area contributed by atoms with Crippen molar-refractivity contribution in [2.75, 3.05) is 4.90 Å². The summed E-state index contributed by atoms with van der Waals surface area (Å²) in [5, 5.41) is 2.56. The van der Waals surface area contributed by atoms with Crippen molar-refractivity contribution in [1.29, 1.82) is 0 Å². The Labute approximate surface area is 266 Å². The van der Waals surface area contributed by atoms with Gasteiger partial charge in [-0.3, -0.25) is 0 Å². The second kappa shape index (κ2) is 9.69. The van der Waals surface area contributed by atoms with Crippen LogP contribution in [0.25, 0.3) is 33.0 Å². The smallest absolute Gasteiger partial charge is 0.0468 e. The van der Waals surface area contributed by atoms with Crippen LogP contribution in [0.5, 0.6) is 0 Å². The molecule has 0 saturated heterocycles. The number of anilines is 3. The van der Waals surface area contributed by atoms with E-state index < -0.39 is 0 Å². The first kappa shape index (κ1) is 25.7. The Morgan fingerprint density at radius 1 is 0.444 bits per heavy atom. The van der Waals surface area contributed by atoms with Gasteiger partial charge in [0.05, 0.1) is 0 Å². The summed E-state index contributed by atoms with van der Waals surface area (Å²) in [4.78, 5) is 2.46. The molecule has 5 aliphatic carbocycles. The number of rotatable bonds is 4. The molecular weight excluding hydrogens is 542 g/mol. The Kier molecular flexibility index (Phi) is 5.53. The maximum Gasteiger partial charge on any atom is 0.0468 e. The van der Waals surface area contributed by atoms with E-state index in [1.54, 1.807) is 11.1 Å². The van der Waals surface area contributed by atoms with Crippen LogP contribution < -0.4 is 4.90 Å². The van der Waals surface area contributed by atoms with Crippen molar-refractivity contribution in [3.05, 3.63) is 151 Å². The highest BCUT2D eigenvalue weighted by atomic mass is 15.1. The second-order valence-corrected chi connectivity index (χ2v) is 14.2. The first-order chi connectivity index (χ1) is 22.3. The van der Waals surface area contributed by atoms with E-state index >= 15 is 0 Å². The van der Waals surface area contributed by atoms with Gasteiger partial charge < -0.3 is 4.90 Å². The molecule has 0 N–H and O–H groups in total. The number of hydrogen-bond acceptors (Lipinski definition) is 1. The quantitative estimate of drug-likeness (QED) is 0.201. The molecule has 0 unspecified atom stereocenters. The normalized spacial score (nSPS) is 25.4. The molecule has 11 rings (SSSR count). The lowest BCUT2D eigenvalue weighted by atomic mass is 9.43. The molecule has 0 amide bonds. The van der Waals surface area contributed by atoms with Gasteiger partial charge >= 0.3 is 0 Å². The third kappa shape index (κ3) is 3.67. The zero-order valence-corrected chi connectivity index (χ0v) is 25.6. The largest absolute Gasteiger partial charge is 0.310 e. The van der Waals surface area contributed by atoms with Gasteiger partial charge in [0, 0.05) is 22.5 Å². The van der Waals surface area contributed by atoms with Crippen molar-refractivity contribution in [3.63, 3.8) is 0 Å². The van der Waals surface area contributed by atoms with E-state index in [4.69, 9.17) is 0 Å². The molecule has 6 aromatic carbocycles. The van der Waals surface area contributed by atoms with Crippen LogP contribution >= 0.6 is 0 Å². The van der Waals surface area contributed by atoms with Gasteiger partial charge in [0.15, 0.2) is 0 Å². The highest BCUT2D eigenvalue weighted by Crippen LogP contribution is 2.69. The van der Waals surface area contributed by atoms with Crippen LogP contribution in [0.15, 0.2) is 140 Å². The summed E-state index contributed by atoms with van der Waals surface area (Å²) in [6, 6.07) is 52.3. The SMILES string of the molecule is c1ccc(N(c2cccc(-c3cccc4ccccc34)c2)c2ccc3c(c2)-c2ccccc2C32C3CC4CC(C3)CC2C4)cc1. The van der Waals surface area contributed by atoms with E-state index in [0.29, 0.717) is 0 Å². The fourth-order valence-electron chi connectivity index (χ4n) is 10.6. The average Bonchev–Trinajstić information content (AvgIpc) is 3.38. The van der Waals surface area contributed by atoms with Gasteiger partial charge in [-0.25, -0.2) is 0 Å². The minimum absolute atomic E-state index is 0.198. The van der Waals surface area contributed by atoms with Gasteiger partial charge in [0.2, 0.25) is 0 Å². The van der Waals surface area contributed by atoms with Crippen molar-refractivity contribution >= 4 is 27.8 Å². The van der Waals surface area contributed by atoms with Gasteiger partial charge in [-0.15, -0.1) is 0 Å². The van der Waals surface area contributed by atoms with E-state index in [-0.39, 0.29) is 5.41 Å². The lowest BCUT2D eigenvalue weighted by Crippen LogP contribution is -2.55. The third-order valence-electron chi connectivity index (χ3n) is 12.0. The van der Waals surface area contributed by atoms with Gasteiger partial charge in [0.25, 0.3) is 0 Å².